The molecule has 0 aliphatic heterocycles. The molecule has 13 heavy (non-hydrogen) atoms. The molecule has 0 atom stereocenters. The van der Waals surface area contributed by atoms with Gasteiger partial charge in [0.15, 0.2) is 0 Å². The minimum absolute atomic E-state index is 0.845. The van der Waals surface area contributed by atoms with Crippen LogP contribution in [0.3, 0.4) is 0 Å². The van der Waals surface area contributed by atoms with E-state index in [1.54, 1.807) is 18.6 Å². The van der Waals surface area contributed by atoms with Crippen LogP contribution in [0, 0.1) is 6.92 Å². The van der Waals surface area contributed by atoms with Gasteiger partial charge in [-0.3, -0.25) is 15.0 Å². The van der Waals surface area contributed by atoms with Crippen LogP contribution in [0.2, 0.25) is 0 Å². The Hall–Kier alpha value is -1.51. The molecule has 0 bridgehead atoms. The number of pyridine rings is 1. The molecule has 0 radical (unpaired) electrons. The number of hydrogen-bond acceptors (Lipinski definition) is 3. The maximum Gasteiger partial charge on any atom is 0.107 e. The van der Waals surface area contributed by atoms with Gasteiger partial charge in [0.25, 0.3) is 0 Å². The van der Waals surface area contributed by atoms with Crippen molar-refractivity contribution in [3.05, 3.63) is 30.4 Å². The minimum atomic E-state index is 0.845. The van der Waals surface area contributed by atoms with Crippen molar-refractivity contribution in [3.63, 3.8) is 0 Å². The zero-order chi connectivity index (χ0) is 9.68. The van der Waals surface area contributed by atoms with E-state index in [4.69, 9.17) is 0 Å². The van der Waals surface area contributed by atoms with Crippen molar-refractivity contribution in [2.75, 3.05) is 0 Å². The summed E-state index contributed by atoms with van der Waals surface area (Å²) in [5.74, 6) is 0. The minimum Gasteiger partial charge on any atom is -0.259 e. The summed E-state index contributed by atoms with van der Waals surface area (Å²) in [6.45, 7) is 5.94. The molecule has 0 spiro atoms. The molecule has 0 aromatic carbocycles. The van der Waals surface area contributed by atoms with E-state index in [1.807, 2.05) is 26.8 Å². The highest BCUT2D eigenvalue weighted by atomic mass is 14.8. The van der Waals surface area contributed by atoms with E-state index < -0.39 is 0 Å². The first kappa shape index (κ1) is 9.58. The third-order valence-corrected chi connectivity index (χ3v) is 1.49. The summed E-state index contributed by atoms with van der Waals surface area (Å²) in [6, 6.07) is 1.92. The van der Waals surface area contributed by atoms with Crippen molar-refractivity contribution in [2.45, 2.75) is 20.8 Å². The highest BCUT2D eigenvalue weighted by Crippen LogP contribution is 2.05. The van der Waals surface area contributed by atoms with Crippen molar-refractivity contribution >= 4 is 11.0 Å². The molecule has 0 aliphatic rings. The summed E-state index contributed by atoms with van der Waals surface area (Å²) < 4.78 is 0. The molecule has 0 saturated carbocycles. The number of hydrogen-bond donors (Lipinski definition) is 0. The average Bonchev–Trinajstić information content (AvgIpc) is 2.21. The summed E-state index contributed by atoms with van der Waals surface area (Å²) in [4.78, 5) is 12.3. The van der Waals surface area contributed by atoms with E-state index in [1.165, 1.54) is 0 Å². The van der Waals surface area contributed by atoms with Gasteiger partial charge in [-0.15, -0.1) is 0 Å². The fraction of sp³-hybridized carbons (Fsp3) is 0.300. The van der Waals surface area contributed by atoms with Crippen LogP contribution in [0.1, 0.15) is 19.5 Å². The second kappa shape index (κ2) is 4.50. The van der Waals surface area contributed by atoms with Gasteiger partial charge in [-0.05, 0) is 13.0 Å². The summed E-state index contributed by atoms with van der Waals surface area (Å²) in [5, 5.41) is 0. The van der Waals surface area contributed by atoms with Crippen LogP contribution in [0.4, 0.5) is 0 Å². The normalized spacial score (nSPS) is 9.15. The second-order valence-electron chi connectivity index (χ2n) is 2.37. The second-order valence-corrected chi connectivity index (χ2v) is 2.37. The summed E-state index contributed by atoms with van der Waals surface area (Å²) in [7, 11) is 0. The number of aryl methyl sites for hydroxylation is 1. The van der Waals surface area contributed by atoms with Gasteiger partial charge in [0.1, 0.15) is 5.52 Å². The third-order valence-electron chi connectivity index (χ3n) is 1.49. The molecule has 2 heterocycles. The quantitative estimate of drug-likeness (QED) is 0.617. The SMILES string of the molecule is CC.Cc1cc2nccnc2cn1. The summed E-state index contributed by atoms with van der Waals surface area (Å²) in [6.07, 6.45) is 5.08. The first-order valence-corrected chi connectivity index (χ1v) is 4.39. The van der Waals surface area contributed by atoms with E-state index in [0.717, 1.165) is 16.7 Å². The van der Waals surface area contributed by atoms with Crippen LogP contribution in [-0.2, 0) is 0 Å². The molecule has 0 amide bonds. The van der Waals surface area contributed by atoms with Crippen molar-refractivity contribution in [2.24, 2.45) is 0 Å². The Morgan fingerprint density at radius 1 is 0.923 bits per heavy atom. The topological polar surface area (TPSA) is 38.7 Å². The van der Waals surface area contributed by atoms with E-state index in [-0.39, 0.29) is 0 Å². The van der Waals surface area contributed by atoms with Gasteiger partial charge in [-0.25, -0.2) is 0 Å². The molecule has 3 nitrogen and oxygen atoms in total. The molecular weight excluding hydrogens is 162 g/mol. The Kier molecular flexibility index (Phi) is 3.31. The third kappa shape index (κ3) is 2.21. The van der Waals surface area contributed by atoms with Gasteiger partial charge >= 0.3 is 0 Å². The molecule has 68 valence electrons. The predicted octanol–water partition coefficient (Wildman–Crippen LogP) is 2.36. The zero-order valence-corrected chi connectivity index (χ0v) is 8.15. The Bertz CT molecular complexity index is 385. The van der Waals surface area contributed by atoms with Crippen LogP contribution in [0.25, 0.3) is 11.0 Å². The van der Waals surface area contributed by atoms with E-state index in [0.29, 0.717) is 0 Å². The molecule has 0 fully saturated rings. The molecule has 2 aromatic heterocycles. The van der Waals surface area contributed by atoms with Crippen molar-refractivity contribution < 1.29 is 0 Å². The van der Waals surface area contributed by atoms with Gasteiger partial charge in [0.05, 0.1) is 11.7 Å². The molecule has 0 unspecified atom stereocenters. The first-order valence-electron chi connectivity index (χ1n) is 4.39. The van der Waals surface area contributed by atoms with E-state index >= 15 is 0 Å². The number of rotatable bonds is 0. The molecule has 2 aromatic rings. The molecule has 0 aliphatic carbocycles. The van der Waals surface area contributed by atoms with E-state index in [2.05, 4.69) is 15.0 Å². The Balaban J connectivity index is 0.000000396. The maximum atomic E-state index is 4.14. The number of fused-ring (bicyclic) bond motifs is 1. The fourth-order valence-corrected chi connectivity index (χ4v) is 0.968. The summed E-state index contributed by atoms with van der Waals surface area (Å²) >= 11 is 0. The Morgan fingerprint density at radius 2 is 1.54 bits per heavy atom. The van der Waals surface area contributed by atoms with Gasteiger partial charge in [0, 0.05) is 18.1 Å². The predicted molar refractivity (Wildman–Crippen MR) is 53.4 cm³/mol. The van der Waals surface area contributed by atoms with Gasteiger partial charge in [0.2, 0.25) is 0 Å². The lowest BCUT2D eigenvalue weighted by atomic mass is 10.3. The lowest BCUT2D eigenvalue weighted by molar-refractivity contribution is 1.18. The molecular formula is C10H13N3. The largest absolute Gasteiger partial charge is 0.259 e. The number of aromatic nitrogens is 3. The monoisotopic (exact) mass is 175 g/mol. The fourth-order valence-electron chi connectivity index (χ4n) is 0.968. The maximum absolute atomic E-state index is 4.14. The van der Waals surface area contributed by atoms with Crippen LogP contribution in [0.5, 0.6) is 0 Å². The van der Waals surface area contributed by atoms with Crippen LogP contribution >= 0.6 is 0 Å². The smallest absolute Gasteiger partial charge is 0.107 e. The van der Waals surface area contributed by atoms with Crippen LogP contribution in [0.15, 0.2) is 24.7 Å². The average molecular weight is 175 g/mol. The van der Waals surface area contributed by atoms with Crippen LogP contribution in [-0.4, -0.2) is 15.0 Å². The van der Waals surface area contributed by atoms with Gasteiger partial charge < -0.3 is 0 Å². The standard InChI is InChI=1S/C8H7N3.C2H6/c1-6-4-7-8(5-11-6)10-3-2-9-7;1-2/h2-5H,1H3;1-2H3. The lowest BCUT2D eigenvalue weighted by Crippen LogP contribution is -1.85. The van der Waals surface area contributed by atoms with Gasteiger partial charge in [-0.1, -0.05) is 13.8 Å². The van der Waals surface area contributed by atoms with Gasteiger partial charge in [-0.2, -0.15) is 0 Å². The van der Waals surface area contributed by atoms with Crippen molar-refractivity contribution in [1.82, 2.24) is 15.0 Å². The van der Waals surface area contributed by atoms with Crippen LogP contribution < -0.4 is 0 Å². The molecule has 2 rings (SSSR count). The lowest BCUT2D eigenvalue weighted by Gasteiger charge is -1.94. The zero-order valence-electron chi connectivity index (χ0n) is 8.15. The Labute approximate surface area is 77.9 Å². The first-order chi connectivity index (χ1) is 6.36. The highest BCUT2D eigenvalue weighted by molar-refractivity contribution is 5.72. The molecule has 3 heteroatoms. The highest BCUT2D eigenvalue weighted by Gasteiger charge is 1.93. The van der Waals surface area contributed by atoms with Crippen molar-refractivity contribution in [1.29, 1.82) is 0 Å². The molecule has 0 saturated heterocycles. The Morgan fingerprint density at radius 3 is 2.23 bits per heavy atom. The van der Waals surface area contributed by atoms with Crippen molar-refractivity contribution in [3.8, 4) is 0 Å². The number of nitrogens with zero attached hydrogens (tertiary/aromatic N) is 3. The molecule has 0 N–H and O–H groups in total. The van der Waals surface area contributed by atoms with E-state index in [9.17, 15) is 0 Å². The summed E-state index contributed by atoms with van der Waals surface area (Å²) in [5.41, 5.74) is 2.72.